The lowest BCUT2D eigenvalue weighted by atomic mass is 10.2. The quantitative estimate of drug-likeness (QED) is 0.512. The van der Waals surface area contributed by atoms with Gasteiger partial charge in [-0.05, 0) is 25.0 Å². The fourth-order valence-corrected chi connectivity index (χ4v) is 3.81. The molecule has 0 aliphatic carbocycles. The molecule has 0 spiro atoms. The predicted molar refractivity (Wildman–Crippen MR) is 101 cm³/mol. The van der Waals surface area contributed by atoms with Crippen molar-refractivity contribution in [2.45, 2.75) is 30.6 Å². The van der Waals surface area contributed by atoms with E-state index in [0.717, 1.165) is 12.8 Å². The maximum absolute atomic E-state index is 13.0. The van der Waals surface area contributed by atoms with Gasteiger partial charge in [0.05, 0.1) is 29.3 Å². The smallest absolute Gasteiger partial charge is 0.262 e. The Balaban J connectivity index is 1.59. The van der Waals surface area contributed by atoms with Gasteiger partial charge in [-0.15, -0.1) is 0 Å². The summed E-state index contributed by atoms with van der Waals surface area (Å²) >= 11 is 1.22. The molecule has 140 valence electrons. The van der Waals surface area contributed by atoms with Crippen LogP contribution in [0.1, 0.15) is 12.8 Å². The summed E-state index contributed by atoms with van der Waals surface area (Å²) in [5.74, 6) is 0.201. The second-order valence-electron chi connectivity index (χ2n) is 6.18. The zero-order chi connectivity index (χ0) is 18.6. The Morgan fingerprint density at radius 2 is 2.22 bits per heavy atom. The molecule has 1 saturated heterocycles. The van der Waals surface area contributed by atoms with E-state index in [9.17, 15) is 9.59 Å². The molecule has 1 atom stereocenters. The molecule has 1 aliphatic heterocycles. The van der Waals surface area contributed by atoms with Crippen LogP contribution in [0.5, 0.6) is 0 Å². The molecule has 1 amide bonds. The summed E-state index contributed by atoms with van der Waals surface area (Å²) in [5, 5.41) is 7.35. The van der Waals surface area contributed by atoms with Gasteiger partial charge in [0.15, 0.2) is 11.0 Å². The summed E-state index contributed by atoms with van der Waals surface area (Å²) in [7, 11) is 0. The summed E-state index contributed by atoms with van der Waals surface area (Å²) in [6.45, 7) is 1.15. The molecule has 0 bridgehead atoms. The van der Waals surface area contributed by atoms with Crippen LogP contribution in [0.2, 0.25) is 0 Å². The van der Waals surface area contributed by atoms with Crippen molar-refractivity contribution in [1.82, 2.24) is 14.7 Å². The summed E-state index contributed by atoms with van der Waals surface area (Å²) in [6.07, 6.45) is 3.28. The van der Waals surface area contributed by atoms with Gasteiger partial charge < -0.3 is 14.6 Å². The van der Waals surface area contributed by atoms with Crippen molar-refractivity contribution in [3.63, 3.8) is 0 Å². The lowest BCUT2D eigenvalue weighted by Gasteiger charge is -2.16. The first-order chi connectivity index (χ1) is 13.2. The molecule has 3 heterocycles. The largest absolute Gasteiger partial charge is 0.376 e. The summed E-state index contributed by atoms with van der Waals surface area (Å²) in [4.78, 5) is 29.7. The molecule has 9 heteroatoms. The third kappa shape index (κ3) is 4.04. The number of thioether (sulfide) groups is 1. The molecule has 1 unspecified atom stereocenters. The minimum atomic E-state index is -0.250. The van der Waals surface area contributed by atoms with Gasteiger partial charge in [-0.25, -0.2) is 4.98 Å². The van der Waals surface area contributed by atoms with Gasteiger partial charge in [0, 0.05) is 12.7 Å². The van der Waals surface area contributed by atoms with Gasteiger partial charge in [-0.3, -0.25) is 14.2 Å². The number of hydrogen-bond donors (Lipinski definition) is 1. The number of para-hydroxylation sites is 1. The number of nitrogens with one attached hydrogen (secondary N) is 1. The Morgan fingerprint density at radius 3 is 3.00 bits per heavy atom. The number of nitrogens with zero attached hydrogens (tertiary/aromatic N) is 3. The molecule has 0 radical (unpaired) electrons. The summed E-state index contributed by atoms with van der Waals surface area (Å²) in [5.41, 5.74) is 0.501. The third-order valence-electron chi connectivity index (χ3n) is 4.27. The van der Waals surface area contributed by atoms with Crippen LogP contribution in [-0.2, 0) is 16.1 Å². The van der Waals surface area contributed by atoms with Crippen molar-refractivity contribution < 1.29 is 14.1 Å². The fraction of sp³-hybridized carbons (Fsp3) is 0.333. The van der Waals surface area contributed by atoms with E-state index in [4.69, 9.17) is 9.26 Å². The third-order valence-corrected chi connectivity index (χ3v) is 5.25. The van der Waals surface area contributed by atoms with Gasteiger partial charge >= 0.3 is 0 Å². The molecule has 1 N–H and O–H groups in total. The SMILES string of the molecule is O=C(CSc1nc2ccccc2c(=O)n1CC1CCCO1)Nc1ccon1. The predicted octanol–water partition coefficient (Wildman–Crippen LogP) is 2.29. The number of fused-ring (bicyclic) bond motifs is 1. The Labute approximate surface area is 158 Å². The van der Waals surface area contributed by atoms with Gasteiger partial charge in [0.25, 0.3) is 5.56 Å². The number of benzene rings is 1. The normalized spacial score (nSPS) is 16.7. The van der Waals surface area contributed by atoms with E-state index in [1.807, 2.05) is 12.1 Å². The molecule has 1 fully saturated rings. The van der Waals surface area contributed by atoms with Crippen molar-refractivity contribution in [2.24, 2.45) is 0 Å². The summed E-state index contributed by atoms with van der Waals surface area (Å²) in [6, 6.07) is 8.78. The van der Waals surface area contributed by atoms with Crippen molar-refractivity contribution in [3.8, 4) is 0 Å². The van der Waals surface area contributed by atoms with E-state index in [2.05, 4.69) is 15.5 Å². The first-order valence-corrected chi connectivity index (χ1v) is 9.63. The minimum absolute atomic E-state index is 0.00558. The first-order valence-electron chi connectivity index (χ1n) is 8.65. The molecule has 27 heavy (non-hydrogen) atoms. The highest BCUT2D eigenvalue weighted by Gasteiger charge is 2.20. The summed E-state index contributed by atoms with van der Waals surface area (Å²) < 4.78 is 12.0. The van der Waals surface area contributed by atoms with E-state index in [-0.39, 0.29) is 23.3 Å². The van der Waals surface area contributed by atoms with Crippen molar-refractivity contribution in [2.75, 3.05) is 17.7 Å². The van der Waals surface area contributed by atoms with E-state index >= 15 is 0 Å². The van der Waals surface area contributed by atoms with Gasteiger partial charge in [-0.1, -0.05) is 29.1 Å². The van der Waals surface area contributed by atoms with Crippen molar-refractivity contribution in [1.29, 1.82) is 0 Å². The molecule has 1 aliphatic rings. The number of rotatable bonds is 6. The van der Waals surface area contributed by atoms with Gasteiger partial charge in [0.1, 0.15) is 6.26 Å². The fourth-order valence-electron chi connectivity index (χ4n) is 3.00. The Bertz CT molecular complexity index is 996. The lowest BCUT2D eigenvalue weighted by Crippen LogP contribution is -2.29. The molecule has 1 aromatic carbocycles. The minimum Gasteiger partial charge on any atom is -0.376 e. The highest BCUT2D eigenvalue weighted by Crippen LogP contribution is 2.21. The number of carbonyl (C=O) groups is 1. The molecule has 0 saturated carbocycles. The standard InChI is InChI=1S/C18H18N4O4S/c23-16(20-15-7-9-26-21-15)11-27-18-19-14-6-2-1-5-13(14)17(24)22(18)10-12-4-3-8-25-12/h1-2,5-7,9,12H,3-4,8,10-11H2,(H,20,21,23). The monoisotopic (exact) mass is 386 g/mol. The van der Waals surface area contributed by atoms with Crippen LogP contribution in [0, 0.1) is 0 Å². The Kier molecular flexibility index (Phi) is 5.21. The van der Waals surface area contributed by atoms with Crippen LogP contribution in [0.3, 0.4) is 0 Å². The number of amides is 1. The van der Waals surface area contributed by atoms with Crippen LogP contribution in [0.25, 0.3) is 10.9 Å². The van der Waals surface area contributed by atoms with E-state index in [1.165, 1.54) is 18.0 Å². The Hall–Kier alpha value is -2.65. The molecule has 8 nitrogen and oxygen atoms in total. The number of ether oxygens (including phenoxy) is 1. The number of aromatic nitrogens is 3. The zero-order valence-electron chi connectivity index (χ0n) is 14.5. The molecule has 4 rings (SSSR count). The number of carbonyl (C=O) groups excluding carboxylic acids is 1. The van der Waals surface area contributed by atoms with Crippen LogP contribution < -0.4 is 10.9 Å². The van der Waals surface area contributed by atoms with Crippen LogP contribution in [-0.4, -0.2) is 39.1 Å². The maximum atomic E-state index is 13.0. The number of hydrogen-bond acceptors (Lipinski definition) is 7. The topological polar surface area (TPSA) is 99.2 Å². The average Bonchev–Trinajstić information content (AvgIpc) is 3.37. The average molecular weight is 386 g/mol. The van der Waals surface area contributed by atoms with Crippen LogP contribution >= 0.6 is 11.8 Å². The second kappa shape index (κ2) is 7.93. The van der Waals surface area contributed by atoms with E-state index in [0.29, 0.717) is 35.0 Å². The van der Waals surface area contributed by atoms with Gasteiger partial charge in [-0.2, -0.15) is 0 Å². The van der Waals surface area contributed by atoms with Gasteiger partial charge in [0.2, 0.25) is 5.91 Å². The number of anilines is 1. The first kappa shape index (κ1) is 17.7. The van der Waals surface area contributed by atoms with E-state index < -0.39 is 0 Å². The van der Waals surface area contributed by atoms with Crippen LogP contribution in [0.4, 0.5) is 5.82 Å². The molecule has 3 aromatic rings. The van der Waals surface area contributed by atoms with Crippen LogP contribution in [0.15, 0.2) is 51.1 Å². The zero-order valence-corrected chi connectivity index (χ0v) is 15.3. The van der Waals surface area contributed by atoms with Crippen molar-refractivity contribution in [3.05, 3.63) is 46.9 Å². The molecular weight excluding hydrogens is 368 g/mol. The maximum Gasteiger partial charge on any atom is 0.262 e. The highest BCUT2D eigenvalue weighted by molar-refractivity contribution is 7.99. The molecule has 2 aromatic heterocycles. The molecular formula is C18H18N4O4S. The Morgan fingerprint density at radius 1 is 1.33 bits per heavy atom. The van der Waals surface area contributed by atoms with Crippen molar-refractivity contribution >= 4 is 34.4 Å². The van der Waals surface area contributed by atoms with E-state index in [1.54, 1.807) is 22.8 Å². The second-order valence-corrected chi connectivity index (χ2v) is 7.13. The lowest BCUT2D eigenvalue weighted by molar-refractivity contribution is -0.113. The highest BCUT2D eigenvalue weighted by atomic mass is 32.2.